The van der Waals surface area contributed by atoms with E-state index >= 15 is 0 Å². The molecule has 1 fully saturated rings. The van der Waals surface area contributed by atoms with E-state index in [2.05, 4.69) is 10.3 Å². The molecule has 2 rings (SSSR count). The van der Waals surface area contributed by atoms with E-state index in [1.807, 2.05) is 18.2 Å². The molecule has 0 aliphatic heterocycles. The van der Waals surface area contributed by atoms with Crippen LogP contribution in [-0.4, -0.2) is 28.6 Å². The lowest BCUT2D eigenvalue weighted by Crippen LogP contribution is -2.34. The third-order valence-corrected chi connectivity index (χ3v) is 3.52. The predicted molar refractivity (Wildman–Crippen MR) is 74.2 cm³/mol. The van der Waals surface area contributed by atoms with Gasteiger partial charge in [-0.3, -0.25) is 9.78 Å². The molecule has 1 saturated carbocycles. The SMILES string of the molecule is O=C(/C=C/c1ccccn1)NCC(O)C1CCCC1. The lowest BCUT2D eigenvalue weighted by Gasteiger charge is -2.17. The molecule has 19 heavy (non-hydrogen) atoms. The molecule has 0 bridgehead atoms. The maximum atomic E-state index is 11.6. The highest BCUT2D eigenvalue weighted by atomic mass is 16.3. The van der Waals surface area contributed by atoms with Gasteiger partial charge >= 0.3 is 0 Å². The molecule has 4 nitrogen and oxygen atoms in total. The van der Waals surface area contributed by atoms with Crippen LogP contribution in [-0.2, 0) is 4.79 Å². The number of hydrogen-bond acceptors (Lipinski definition) is 3. The number of aliphatic hydroxyl groups is 1. The van der Waals surface area contributed by atoms with E-state index in [9.17, 15) is 9.90 Å². The first-order chi connectivity index (χ1) is 9.25. The molecule has 1 aliphatic carbocycles. The Morgan fingerprint density at radius 2 is 2.26 bits per heavy atom. The molecule has 0 saturated heterocycles. The van der Waals surface area contributed by atoms with Crippen LogP contribution in [0.3, 0.4) is 0 Å². The summed E-state index contributed by atoms with van der Waals surface area (Å²) in [5, 5.41) is 12.7. The Morgan fingerprint density at radius 1 is 1.47 bits per heavy atom. The van der Waals surface area contributed by atoms with Crippen molar-refractivity contribution in [3.63, 3.8) is 0 Å². The number of aromatic nitrogens is 1. The maximum Gasteiger partial charge on any atom is 0.244 e. The first kappa shape index (κ1) is 13.7. The summed E-state index contributed by atoms with van der Waals surface area (Å²) in [5.41, 5.74) is 0.744. The van der Waals surface area contributed by atoms with Crippen LogP contribution >= 0.6 is 0 Å². The molecule has 1 aromatic heterocycles. The molecule has 1 unspecified atom stereocenters. The van der Waals surface area contributed by atoms with Crippen LogP contribution in [0.25, 0.3) is 6.08 Å². The van der Waals surface area contributed by atoms with Crippen molar-refractivity contribution in [3.05, 3.63) is 36.2 Å². The Labute approximate surface area is 113 Å². The molecule has 0 aromatic carbocycles. The second kappa shape index (κ2) is 7.04. The van der Waals surface area contributed by atoms with Crippen molar-refractivity contribution < 1.29 is 9.90 Å². The molecule has 1 heterocycles. The maximum absolute atomic E-state index is 11.6. The number of carbonyl (C=O) groups excluding carboxylic acids is 1. The zero-order valence-electron chi connectivity index (χ0n) is 11.0. The van der Waals surface area contributed by atoms with Crippen molar-refractivity contribution >= 4 is 12.0 Å². The van der Waals surface area contributed by atoms with Crippen molar-refractivity contribution in [2.75, 3.05) is 6.54 Å². The Kier molecular flexibility index (Phi) is 5.10. The standard InChI is InChI=1S/C15H20N2O2/c18-14(12-5-1-2-6-12)11-17-15(19)9-8-13-7-3-4-10-16-13/h3-4,7-10,12,14,18H,1-2,5-6,11H2,(H,17,19)/b9-8+. The van der Waals surface area contributed by atoms with Gasteiger partial charge in [0.1, 0.15) is 0 Å². The van der Waals surface area contributed by atoms with Crippen LogP contribution in [0, 0.1) is 5.92 Å². The van der Waals surface area contributed by atoms with Crippen LogP contribution in [0.1, 0.15) is 31.4 Å². The number of amides is 1. The summed E-state index contributed by atoms with van der Waals surface area (Å²) >= 11 is 0. The van der Waals surface area contributed by atoms with Crippen LogP contribution < -0.4 is 5.32 Å². The van der Waals surface area contributed by atoms with E-state index in [0.29, 0.717) is 12.5 Å². The van der Waals surface area contributed by atoms with Gasteiger partial charge in [-0.1, -0.05) is 18.9 Å². The molecule has 1 amide bonds. The quantitative estimate of drug-likeness (QED) is 0.793. The fraction of sp³-hybridized carbons (Fsp3) is 0.467. The molecule has 4 heteroatoms. The van der Waals surface area contributed by atoms with Gasteiger partial charge in [-0.05, 0) is 37.0 Å². The van der Waals surface area contributed by atoms with Gasteiger partial charge in [0.15, 0.2) is 0 Å². The van der Waals surface area contributed by atoms with Crippen LogP contribution in [0.5, 0.6) is 0 Å². The minimum Gasteiger partial charge on any atom is -0.391 e. The lowest BCUT2D eigenvalue weighted by molar-refractivity contribution is -0.117. The van der Waals surface area contributed by atoms with E-state index in [1.54, 1.807) is 12.3 Å². The molecule has 1 aromatic rings. The summed E-state index contributed by atoms with van der Waals surface area (Å²) in [6.45, 7) is 0.329. The van der Waals surface area contributed by atoms with Crippen molar-refractivity contribution in [3.8, 4) is 0 Å². The number of hydrogen-bond donors (Lipinski definition) is 2. The Balaban J connectivity index is 1.73. The first-order valence-electron chi connectivity index (χ1n) is 6.81. The number of pyridine rings is 1. The summed E-state index contributed by atoms with van der Waals surface area (Å²) in [5.74, 6) is 0.155. The third kappa shape index (κ3) is 4.48. The smallest absolute Gasteiger partial charge is 0.244 e. The molecule has 0 spiro atoms. The van der Waals surface area contributed by atoms with Gasteiger partial charge in [0.2, 0.25) is 5.91 Å². The highest BCUT2D eigenvalue weighted by Gasteiger charge is 2.22. The van der Waals surface area contributed by atoms with Crippen molar-refractivity contribution in [1.82, 2.24) is 10.3 Å². The van der Waals surface area contributed by atoms with Gasteiger partial charge in [-0.25, -0.2) is 0 Å². The van der Waals surface area contributed by atoms with Crippen molar-refractivity contribution in [1.29, 1.82) is 0 Å². The predicted octanol–water partition coefficient (Wildman–Crippen LogP) is 1.76. The van der Waals surface area contributed by atoms with Crippen LogP contribution in [0.15, 0.2) is 30.5 Å². The van der Waals surface area contributed by atoms with Gasteiger partial charge in [-0.2, -0.15) is 0 Å². The Morgan fingerprint density at radius 3 is 2.95 bits per heavy atom. The highest BCUT2D eigenvalue weighted by Crippen LogP contribution is 2.27. The van der Waals surface area contributed by atoms with E-state index in [1.165, 1.54) is 18.9 Å². The minimum absolute atomic E-state index is 0.192. The average molecular weight is 260 g/mol. The summed E-state index contributed by atoms with van der Waals surface area (Å²) in [4.78, 5) is 15.7. The third-order valence-electron chi connectivity index (χ3n) is 3.52. The summed E-state index contributed by atoms with van der Waals surface area (Å²) in [6.07, 6.45) is 8.89. The van der Waals surface area contributed by atoms with E-state index < -0.39 is 6.10 Å². The van der Waals surface area contributed by atoms with Crippen LogP contribution in [0.2, 0.25) is 0 Å². The van der Waals surface area contributed by atoms with E-state index in [-0.39, 0.29) is 5.91 Å². The zero-order chi connectivity index (χ0) is 13.5. The fourth-order valence-electron chi connectivity index (χ4n) is 2.41. The number of nitrogens with zero attached hydrogens (tertiary/aromatic N) is 1. The molecule has 1 atom stereocenters. The topological polar surface area (TPSA) is 62.2 Å². The molecular weight excluding hydrogens is 240 g/mol. The fourth-order valence-corrected chi connectivity index (χ4v) is 2.41. The molecular formula is C15H20N2O2. The summed E-state index contributed by atoms with van der Waals surface area (Å²) < 4.78 is 0. The normalized spacial score (nSPS) is 17.7. The lowest BCUT2D eigenvalue weighted by atomic mass is 10.0. The monoisotopic (exact) mass is 260 g/mol. The Hall–Kier alpha value is -1.68. The van der Waals surface area contributed by atoms with Gasteiger partial charge in [0.05, 0.1) is 11.8 Å². The van der Waals surface area contributed by atoms with Gasteiger partial charge in [-0.15, -0.1) is 0 Å². The second-order valence-corrected chi connectivity index (χ2v) is 4.94. The van der Waals surface area contributed by atoms with Gasteiger partial charge in [0, 0.05) is 18.8 Å². The molecule has 1 aliphatic rings. The zero-order valence-corrected chi connectivity index (χ0v) is 11.0. The highest BCUT2D eigenvalue weighted by molar-refractivity contribution is 5.91. The average Bonchev–Trinajstić information content (AvgIpc) is 2.98. The number of aliphatic hydroxyl groups excluding tert-OH is 1. The summed E-state index contributed by atoms with van der Waals surface area (Å²) in [6, 6.07) is 5.53. The van der Waals surface area contributed by atoms with E-state index in [4.69, 9.17) is 0 Å². The summed E-state index contributed by atoms with van der Waals surface area (Å²) in [7, 11) is 0. The van der Waals surface area contributed by atoms with E-state index in [0.717, 1.165) is 18.5 Å². The molecule has 102 valence electrons. The molecule has 2 N–H and O–H groups in total. The van der Waals surface area contributed by atoms with Gasteiger partial charge < -0.3 is 10.4 Å². The van der Waals surface area contributed by atoms with Crippen molar-refractivity contribution in [2.24, 2.45) is 5.92 Å². The second-order valence-electron chi connectivity index (χ2n) is 4.94. The Bertz CT molecular complexity index is 425. The number of carbonyl (C=O) groups is 1. The number of rotatable bonds is 5. The first-order valence-corrected chi connectivity index (χ1v) is 6.81. The minimum atomic E-state index is -0.422. The van der Waals surface area contributed by atoms with Crippen molar-refractivity contribution in [2.45, 2.75) is 31.8 Å². The van der Waals surface area contributed by atoms with Gasteiger partial charge in [0.25, 0.3) is 0 Å². The largest absolute Gasteiger partial charge is 0.391 e. The number of nitrogens with one attached hydrogen (secondary N) is 1. The molecule has 0 radical (unpaired) electrons. The van der Waals surface area contributed by atoms with Crippen LogP contribution in [0.4, 0.5) is 0 Å².